The van der Waals surface area contributed by atoms with Crippen LogP contribution in [0, 0.1) is 5.92 Å². The van der Waals surface area contributed by atoms with Gasteiger partial charge in [0.1, 0.15) is 0 Å². The van der Waals surface area contributed by atoms with E-state index in [2.05, 4.69) is 12.2 Å². The number of nitrogens with one attached hydrogen (secondary N) is 1. The van der Waals surface area contributed by atoms with Crippen LogP contribution in [0.3, 0.4) is 0 Å². The van der Waals surface area contributed by atoms with Gasteiger partial charge in [-0.1, -0.05) is 13.8 Å². The molecule has 2 N–H and O–H groups in total. The van der Waals surface area contributed by atoms with Crippen LogP contribution in [0.1, 0.15) is 26.7 Å². The molecular formula is C8H19NO. The molecule has 0 aliphatic heterocycles. The normalized spacial score (nSPS) is 16.8. The molecule has 0 aromatic rings. The monoisotopic (exact) mass is 145 g/mol. The van der Waals surface area contributed by atoms with Crippen molar-refractivity contribution < 1.29 is 5.11 Å². The number of rotatable bonds is 5. The minimum absolute atomic E-state index is 0.127. The lowest BCUT2D eigenvalue weighted by Gasteiger charge is -2.19. The van der Waals surface area contributed by atoms with E-state index in [1.165, 1.54) is 0 Å². The Bertz CT molecular complexity index is 75.7. The van der Waals surface area contributed by atoms with Gasteiger partial charge in [0.2, 0.25) is 0 Å². The van der Waals surface area contributed by atoms with Crippen LogP contribution in [0.15, 0.2) is 0 Å². The first kappa shape index (κ1) is 9.92. The van der Waals surface area contributed by atoms with E-state index in [-0.39, 0.29) is 6.10 Å². The van der Waals surface area contributed by atoms with Gasteiger partial charge in [-0.2, -0.15) is 0 Å². The van der Waals surface area contributed by atoms with Crippen molar-refractivity contribution in [3.63, 3.8) is 0 Å². The Morgan fingerprint density at radius 2 is 1.90 bits per heavy atom. The summed E-state index contributed by atoms with van der Waals surface area (Å²) in [7, 11) is 1.92. The van der Waals surface area contributed by atoms with Gasteiger partial charge in [-0.15, -0.1) is 0 Å². The molecule has 0 amide bonds. The van der Waals surface area contributed by atoms with E-state index in [0.717, 1.165) is 19.4 Å². The summed E-state index contributed by atoms with van der Waals surface area (Å²) >= 11 is 0. The number of hydrogen-bond donors (Lipinski definition) is 2. The fourth-order valence-electron chi connectivity index (χ4n) is 1.15. The Morgan fingerprint density at radius 3 is 2.20 bits per heavy atom. The maximum atomic E-state index is 9.41. The molecule has 0 radical (unpaired) electrons. The molecule has 0 aliphatic rings. The summed E-state index contributed by atoms with van der Waals surface area (Å²) in [5, 5.41) is 12.5. The second-order valence-electron chi connectivity index (χ2n) is 2.70. The predicted molar refractivity (Wildman–Crippen MR) is 44.0 cm³/mol. The van der Waals surface area contributed by atoms with Gasteiger partial charge in [-0.3, -0.25) is 0 Å². The highest BCUT2D eigenvalue weighted by Gasteiger charge is 2.13. The number of aliphatic hydroxyl groups excluding tert-OH is 1. The lowest BCUT2D eigenvalue weighted by Crippen LogP contribution is -2.28. The fourth-order valence-corrected chi connectivity index (χ4v) is 1.15. The van der Waals surface area contributed by atoms with Crippen molar-refractivity contribution in [1.82, 2.24) is 5.32 Å². The van der Waals surface area contributed by atoms with E-state index in [1.807, 2.05) is 14.0 Å². The van der Waals surface area contributed by atoms with Crippen LogP contribution in [-0.4, -0.2) is 24.8 Å². The summed E-state index contributed by atoms with van der Waals surface area (Å²) in [5.41, 5.74) is 0. The van der Waals surface area contributed by atoms with Crippen LogP contribution >= 0.6 is 0 Å². The predicted octanol–water partition coefficient (Wildman–Crippen LogP) is 1.00. The molecule has 0 heterocycles. The Kier molecular flexibility index (Phi) is 5.64. The highest BCUT2D eigenvalue weighted by Crippen LogP contribution is 2.09. The molecule has 0 aromatic carbocycles. The van der Waals surface area contributed by atoms with E-state index in [9.17, 15) is 5.11 Å². The molecule has 0 bridgehead atoms. The van der Waals surface area contributed by atoms with Crippen molar-refractivity contribution in [1.29, 1.82) is 0 Å². The zero-order valence-electron chi connectivity index (χ0n) is 7.22. The van der Waals surface area contributed by atoms with E-state index in [1.54, 1.807) is 0 Å². The van der Waals surface area contributed by atoms with Crippen molar-refractivity contribution in [2.75, 3.05) is 13.6 Å². The van der Waals surface area contributed by atoms with Crippen LogP contribution in [0.2, 0.25) is 0 Å². The van der Waals surface area contributed by atoms with E-state index < -0.39 is 0 Å². The first-order valence-electron chi connectivity index (χ1n) is 4.08. The molecule has 0 saturated carbocycles. The maximum absolute atomic E-state index is 9.41. The van der Waals surface area contributed by atoms with Crippen LogP contribution in [0.5, 0.6) is 0 Å². The molecule has 0 aliphatic carbocycles. The van der Waals surface area contributed by atoms with E-state index in [0.29, 0.717) is 5.92 Å². The van der Waals surface area contributed by atoms with Gasteiger partial charge in [0, 0.05) is 6.54 Å². The van der Waals surface area contributed by atoms with Crippen LogP contribution in [-0.2, 0) is 0 Å². The van der Waals surface area contributed by atoms with Crippen molar-refractivity contribution in [3.8, 4) is 0 Å². The average molecular weight is 145 g/mol. The molecule has 2 unspecified atom stereocenters. The van der Waals surface area contributed by atoms with E-state index >= 15 is 0 Å². The number of hydrogen-bond acceptors (Lipinski definition) is 2. The summed E-state index contributed by atoms with van der Waals surface area (Å²) in [4.78, 5) is 0. The van der Waals surface area contributed by atoms with Crippen molar-refractivity contribution in [2.45, 2.75) is 32.8 Å². The molecule has 2 nitrogen and oxygen atoms in total. The van der Waals surface area contributed by atoms with Gasteiger partial charge in [0.25, 0.3) is 0 Å². The molecule has 0 aromatic heterocycles. The second-order valence-corrected chi connectivity index (χ2v) is 2.70. The Hall–Kier alpha value is -0.0800. The van der Waals surface area contributed by atoms with Gasteiger partial charge < -0.3 is 10.4 Å². The van der Waals surface area contributed by atoms with Crippen molar-refractivity contribution in [3.05, 3.63) is 0 Å². The second kappa shape index (κ2) is 5.69. The summed E-state index contributed by atoms with van der Waals surface area (Å²) in [6.45, 7) is 5.05. The molecular weight excluding hydrogens is 126 g/mol. The average Bonchev–Trinajstić information content (AvgIpc) is 1.99. The SMILES string of the molecule is CCC(O)C(CC)CNC. The summed E-state index contributed by atoms with van der Waals surface area (Å²) in [6, 6.07) is 0. The van der Waals surface area contributed by atoms with Gasteiger partial charge in [-0.05, 0) is 25.8 Å². The lowest BCUT2D eigenvalue weighted by atomic mass is 9.98. The minimum atomic E-state index is -0.127. The summed E-state index contributed by atoms with van der Waals surface area (Å²) < 4.78 is 0. The van der Waals surface area contributed by atoms with Gasteiger partial charge in [-0.25, -0.2) is 0 Å². The Labute approximate surface area is 63.6 Å². The quantitative estimate of drug-likeness (QED) is 0.605. The third-order valence-corrected chi connectivity index (χ3v) is 1.95. The third-order valence-electron chi connectivity index (χ3n) is 1.95. The Balaban J connectivity index is 3.56. The molecule has 62 valence electrons. The first-order valence-corrected chi connectivity index (χ1v) is 4.08. The van der Waals surface area contributed by atoms with Crippen LogP contribution < -0.4 is 5.32 Å². The zero-order valence-corrected chi connectivity index (χ0v) is 7.22. The number of aliphatic hydroxyl groups is 1. The molecule has 0 fully saturated rings. The minimum Gasteiger partial charge on any atom is -0.393 e. The Morgan fingerprint density at radius 1 is 1.30 bits per heavy atom. The van der Waals surface area contributed by atoms with Gasteiger partial charge in [0.05, 0.1) is 6.10 Å². The van der Waals surface area contributed by atoms with Crippen molar-refractivity contribution in [2.24, 2.45) is 5.92 Å². The lowest BCUT2D eigenvalue weighted by molar-refractivity contribution is 0.102. The van der Waals surface area contributed by atoms with Gasteiger partial charge in [0.15, 0.2) is 0 Å². The van der Waals surface area contributed by atoms with Crippen molar-refractivity contribution >= 4 is 0 Å². The molecule has 0 rings (SSSR count). The summed E-state index contributed by atoms with van der Waals surface area (Å²) in [5.74, 6) is 0.426. The molecule has 2 heteroatoms. The molecule has 0 spiro atoms. The van der Waals surface area contributed by atoms with E-state index in [4.69, 9.17) is 0 Å². The highest BCUT2D eigenvalue weighted by molar-refractivity contribution is 4.67. The fraction of sp³-hybridized carbons (Fsp3) is 1.00. The van der Waals surface area contributed by atoms with Crippen LogP contribution in [0.25, 0.3) is 0 Å². The maximum Gasteiger partial charge on any atom is 0.0577 e. The standard InChI is InChI=1S/C8H19NO/c1-4-7(6-9-3)8(10)5-2/h7-10H,4-6H2,1-3H3. The third kappa shape index (κ3) is 3.18. The van der Waals surface area contributed by atoms with Gasteiger partial charge >= 0.3 is 0 Å². The molecule has 10 heavy (non-hydrogen) atoms. The summed E-state index contributed by atoms with van der Waals surface area (Å²) in [6.07, 6.45) is 1.79. The molecule has 0 saturated heterocycles. The molecule has 2 atom stereocenters. The smallest absolute Gasteiger partial charge is 0.0577 e. The zero-order chi connectivity index (χ0) is 7.98. The van der Waals surface area contributed by atoms with Crippen LogP contribution in [0.4, 0.5) is 0 Å². The highest BCUT2D eigenvalue weighted by atomic mass is 16.3. The first-order chi connectivity index (χ1) is 4.76. The topological polar surface area (TPSA) is 32.3 Å². The largest absolute Gasteiger partial charge is 0.393 e.